The van der Waals surface area contributed by atoms with Crippen molar-refractivity contribution < 1.29 is 5.11 Å². The molecule has 0 aliphatic carbocycles. The van der Waals surface area contributed by atoms with E-state index in [9.17, 15) is 5.11 Å². The number of rotatable bonds is 4. The maximum absolute atomic E-state index is 9.19. The number of nitrogens with one attached hydrogen (secondary N) is 1. The molecule has 2 nitrogen and oxygen atoms in total. The van der Waals surface area contributed by atoms with E-state index in [1.807, 2.05) is 25.1 Å². The van der Waals surface area contributed by atoms with Crippen LogP contribution in [0.25, 0.3) is 0 Å². The van der Waals surface area contributed by atoms with Crippen LogP contribution in [0.1, 0.15) is 18.5 Å². The van der Waals surface area contributed by atoms with Gasteiger partial charge in [0.1, 0.15) is 0 Å². The zero-order valence-corrected chi connectivity index (χ0v) is 10.3. The molecule has 0 saturated carbocycles. The lowest BCUT2D eigenvalue weighted by Crippen LogP contribution is -2.24. The summed E-state index contributed by atoms with van der Waals surface area (Å²) in [5.74, 6) is 0. The van der Waals surface area contributed by atoms with Crippen LogP contribution in [0.2, 0.25) is 5.02 Å². The highest BCUT2D eigenvalue weighted by atomic mass is 79.9. The van der Waals surface area contributed by atoms with Gasteiger partial charge in [-0.15, -0.1) is 0 Å². The summed E-state index contributed by atoms with van der Waals surface area (Å²) in [4.78, 5) is 0. The summed E-state index contributed by atoms with van der Waals surface area (Å²) < 4.78 is 0.966. The molecule has 14 heavy (non-hydrogen) atoms. The minimum Gasteiger partial charge on any atom is -0.394 e. The topological polar surface area (TPSA) is 32.3 Å². The Kier molecular flexibility index (Phi) is 4.89. The van der Waals surface area contributed by atoms with Gasteiger partial charge in [-0.2, -0.15) is 0 Å². The lowest BCUT2D eigenvalue weighted by Gasteiger charge is -2.17. The Morgan fingerprint density at radius 3 is 2.86 bits per heavy atom. The Morgan fingerprint density at radius 2 is 2.29 bits per heavy atom. The van der Waals surface area contributed by atoms with E-state index in [0.29, 0.717) is 5.02 Å². The van der Waals surface area contributed by atoms with Gasteiger partial charge < -0.3 is 10.4 Å². The van der Waals surface area contributed by atoms with Crippen molar-refractivity contribution in [2.45, 2.75) is 13.0 Å². The molecule has 1 rings (SSSR count). The average Bonchev–Trinajstić information content (AvgIpc) is 2.18. The van der Waals surface area contributed by atoms with E-state index in [0.717, 1.165) is 16.6 Å². The number of aliphatic hydroxyl groups excluding tert-OH is 1. The van der Waals surface area contributed by atoms with Gasteiger partial charge in [0.25, 0.3) is 0 Å². The van der Waals surface area contributed by atoms with Crippen LogP contribution in [-0.2, 0) is 0 Å². The molecule has 0 heterocycles. The normalized spacial score (nSPS) is 12.9. The van der Waals surface area contributed by atoms with Crippen molar-refractivity contribution in [1.82, 2.24) is 5.32 Å². The van der Waals surface area contributed by atoms with Crippen molar-refractivity contribution >= 4 is 27.5 Å². The van der Waals surface area contributed by atoms with Crippen molar-refractivity contribution in [3.05, 3.63) is 33.3 Å². The highest BCUT2D eigenvalue weighted by Crippen LogP contribution is 2.26. The summed E-state index contributed by atoms with van der Waals surface area (Å²) in [5, 5.41) is 13.0. The first-order chi connectivity index (χ1) is 6.69. The third-order valence-corrected chi connectivity index (χ3v) is 2.80. The first-order valence-electron chi connectivity index (χ1n) is 4.48. The highest BCUT2D eigenvalue weighted by molar-refractivity contribution is 9.10. The fraction of sp³-hybridized carbons (Fsp3) is 0.400. The van der Waals surface area contributed by atoms with Gasteiger partial charge in [-0.05, 0) is 30.3 Å². The standard InChI is InChI=1S/C10H13BrClNO/c1-2-13-10(6-14)8-5-7(11)3-4-9(8)12/h3-5,10,13-14H,2,6H2,1H3. The number of halogens is 2. The summed E-state index contributed by atoms with van der Waals surface area (Å²) >= 11 is 9.41. The van der Waals surface area contributed by atoms with Gasteiger partial charge in [-0.1, -0.05) is 34.5 Å². The van der Waals surface area contributed by atoms with E-state index < -0.39 is 0 Å². The largest absolute Gasteiger partial charge is 0.394 e. The number of hydrogen-bond donors (Lipinski definition) is 2. The molecule has 0 radical (unpaired) electrons. The number of likely N-dealkylation sites (N-methyl/N-ethyl adjacent to an activating group) is 1. The van der Waals surface area contributed by atoms with Crippen molar-refractivity contribution in [3.8, 4) is 0 Å². The highest BCUT2D eigenvalue weighted by Gasteiger charge is 2.12. The SMILES string of the molecule is CCNC(CO)c1cc(Br)ccc1Cl. The molecule has 0 aliphatic rings. The maximum atomic E-state index is 9.19. The van der Waals surface area contributed by atoms with Gasteiger partial charge in [-0.25, -0.2) is 0 Å². The Bertz CT molecular complexity index is 306. The first kappa shape index (κ1) is 12.0. The van der Waals surface area contributed by atoms with Crippen LogP contribution in [0.5, 0.6) is 0 Å². The first-order valence-corrected chi connectivity index (χ1v) is 5.65. The average molecular weight is 279 g/mol. The molecule has 0 saturated heterocycles. The predicted molar refractivity (Wildman–Crippen MR) is 62.7 cm³/mol. The molecule has 0 aliphatic heterocycles. The predicted octanol–water partition coefficient (Wildman–Crippen LogP) is 2.75. The Labute approximate surface area is 97.4 Å². The van der Waals surface area contributed by atoms with Crippen LogP contribution in [0.3, 0.4) is 0 Å². The summed E-state index contributed by atoms with van der Waals surface area (Å²) in [6, 6.07) is 5.53. The number of aliphatic hydroxyl groups is 1. The van der Waals surface area contributed by atoms with Crippen molar-refractivity contribution in [3.63, 3.8) is 0 Å². The fourth-order valence-corrected chi connectivity index (χ4v) is 1.93. The van der Waals surface area contributed by atoms with E-state index in [4.69, 9.17) is 11.6 Å². The summed E-state index contributed by atoms with van der Waals surface area (Å²) in [7, 11) is 0. The lowest BCUT2D eigenvalue weighted by molar-refractivity contribution is 0.246. The van der Waals surface area contributed by atoms with Gasteiger partial charge in [-0.3, -0.25) is 0 Å². The zero-order chi connectivity index (χ0) is 10.6. The molecule has 1 aromatic carbocycles. The Hall–Kier alpha value is -0.0900. The van der Waals surface area contributed by atoms with Crippen LogP contribution in [0.4, 0.5) is 0 Å². The molecule has 4 heteroatoms. The van der Waals surface area contributed by atoms with E-state index >= 15 is 0 Å². The van der Waals surface area contributed by atoms with Gasteiger partial charge in [0.15, 0.2) is 0 Å². The monoisotopic (exact) mass is 277 g/mol. The Morgan fingerprint density at radius 1 is 1.57 bits per heavy atom. The summed E-state index contributed by atoms with van der Waals surface area (Å²) in [6.07, 6.45) is 0. The minimum atomic E-state index is -0.0926. The molecule has 1 aromatic rings. The molecule has 0 amide bonds. The van der Waals surface area contributed by atoms with E-state index in [-0.39, 0.29) is 12.6 Å². The quantitative estimate of drug-likeness (QED) is 0.887. The Balaban J connectivity index is 2.96. The molecule has 78 valence electrons. The molecule has 1 unspecified atom stereocenters. The molecule has 0 fully saturated rings. The van der Waals surface area contributed by atoms with Crippen LogP contribution in [0, 0.1) is 0 Å². The van der Waals surface area contributed by atoms with Gasteiger partial charge in [0.05, 0.1) is 12.6 Å². The molecule has 0 bridgehead atoms. The van der Waals surface area contributed by atoms with Crippen molar-refractivity contribution in [2.75, 3.05) is 13.2 Å². The van der Waals surface area contributed by atoms with E-state index in [1.165, 1.54) is 0 Å². The maximum Gasteiger partial charge on any atom is 0.0627 e. The second-order valence-electron chi connectivity index (χ2n) is 2.96. The van der Waals surface area contributed by atoms with Gasteiger partial charge in [0, 0.05) is 9.50 Å². The second kappa shape index (κ2) is 5.71. The number of hydrogen-bond acceptors (Lipinski definition) is 2. The smallest absolute Gasteiger partial charge is 0.0627 e. The minimum absolute atomic E-state index is 0.0456. The zero-order valence-electron chi connectivity index (χ0n) is 7.93. The third kappa shape index (κ3) is 2.95. The summed E-state index contributed by atoms with van der Waals surface area (Å²) in [6.45, 7) is 2.84. The molecule has 0 aromatic heterocycles. The molecular formula is C10H13BrClNO. The van der Waals surface area contributed by atoms with Crippen LogP contribution in [0.15, 0.2) is 22.7 Å². The van der Waals surface area contributed by atoms with Gasteiger partial charge in [0.2, 0.25) is 0 Å². The fourth-order valence-electron chi connectivity index (χ4n) is 1.30. The van der Waals surface area contributed by atoms with Crippen molar-refractivity contribution in [1.29, 1.82) is 0 Å². The van der Waals surface area contributed by atoms with Crippen LogP contribution < -0.4 is 5.32 Å². The summed E-state index contributed by atoms with van der Waals surface area (Å²) in [5.41, 5.74) is 0.922. The molecule has 0 spiro atoms. The van der Waals surface area contributed by atoms with Crippen LogP contribution >= 0.6 is 27.5 Å². The number of benzene rings is 1. The second-order valence-corrected chi connectivity index (χ2v) is 4.28. The lowest BCUT2D eigenvalue weighted by atomic mass is 10.1. The van der Waals surface area contributed by atoms with E-state index in [2.05, 4.69) is 21.2 Å². The molecule has 2 N–H and O–H groups in total. The van der Waals surface area contributed by atoms with Crippen LogP contribution in [-0.4, -0.2) is 18.3 Å². The third-order valence-electron chi connectivity index (χ3n) is 1.97. The molecular weight excluding hydrogens is 265 g/mol. The van der Waals surface area contributed by atoms with Gasteiger partial charge >= 0.3 is 0 Å². The van der Waals surface area contributed by atoms with E-state index in [1.54, 1.807) is 0 Å². The van der Waals surface area contributed by atoms with Crippen molar-refractivity contribution in [2.24, 2.45) is 0 Å². The molecule has 1 atom stereocenters.